The third-order valence-electron chi connectivity index (χ3n) is 4.43. The van der Waals surface area contributed by atoms with Crippen LogP contribution in [0.2, 0.25) is 0 Å². The number of benzene rings is 1. The predicted octanol–water partition coefficient (Wildman–Crippen LogP) is 2.20. The van der Waals surface area contributed by atoms with Gasteiger partial charge in [-0.05, 0) is 25.0 Å². The summed E-state index contributed by atoms with van der Waals surface area (Å²) in [6.07, 6.45) is 6.05. The van der Waals surface area contributed by atoms with Crippen molar-refractivity contribution in [3.05, 3.63) is 50.6 Å². The summed E-state index contributed by atoms with van der Waals surface area (Å²) in [4.78, 5) is 16.3. The van der Waals surface area contributed by atoms with Crippen LogP contribution < -0.4 is 16.3 Å². The molecular weight excluding hydrogens is 352 g/mol. The summed E-state index contributed by atoms with van der Waals surface area (Å²) in [6, 6.07) is 7.21. The number of hydrogen-bond acceptors (Lipinski definition) is 7. The first kappa shape index (κ1) is 18.1. The van der Waals surface area contributed by atoms with Crippen molar-refractivity contribution in [3.63, 3.8) is 0 Å². The Hall–Kier alpha value is -2.68. The molecule has 8 nitrogen and oxygen atoms in total. The lowest BCUT2D eigenvalue weighted by atomic mass is 9.96. The minimum absolute atomic E-state index is 0.283. The largest absolute Gasteiger partial charge is 0.380 e. The molecule has 1 aromatic heterocycles. The van der Waals surface area contributed by atoms with Gasteiger partial charge in [-0.1, -0.05) is 42.7 Å². The second kappa shape index (κ2) is 7.69. The van der Waals surface area contributed by atoms with Gasteiger partial charge >= 0.3 is 5.70 Å². The summed E-state index contributed by atoms with van der Waals surface area (Å²) in [5.41, 5.74) is 11.8. The molecule has 1 heterocycles. The number of hydrogen-bond donors (Lipinski definition) is 2. The van der Waals surface area contributed by atoms with Crippen molar-refractivity contribution in [1.29, 1.82) is 0 Å². The number of nitrogens with two attached hydrogens (primary N) is 2. The second-order valence-electron chi connectivity index (χ2n) is 6.37. The molecule has 0 radical (unpaired) electrons. The Balaban J connectivity index is 1.88. The van der Waals surface area contributed by atoms with E-state index in [1.54, 1.807) is 28.9 Å². The van der Waals surface area contributed by atoms with E-state index in [9.17, 15) is 10.1 Å². The van der Waals surface area contributed by atoms with E-state index in [4.69, 9.17) is 16.5 Å². The number of rotatable bonds is 4. The van der Waals surface area contributed by atoms with Gasteiger partial charge in [0.2, 0.25) is 4.80 Å². The molecule has 0 spiro atoms. The van der Waals surface area contributed by atoms with E-state index >= 15 is 0 Å². The number of aromatic nitrogens is 2. The van der Waals surface area contributed by atoms with Crippen LogP contribution in [0.4, 0.5) is 0 Å². The van der Waals surface area contributed by atoms with Crippen molar-refractivity contribution < 1.29 is 4.92 Å². The topological polar surface area (TPSA) is 125 Å². The predicted molar refractivity (Wildman–Crippen MR) is 101 cm³/mol. The Labute approximate surface area is 155 Å². The molecule has 1 aromatic carbocycles. The third-order valence-corrected chi connectivity index (χ3v) is 5.50. The Morgan fingerprint density at radius 1 is 1.27 bits per heavy atom. The molecule has 0 saturated heterocycles. The van der Waals surface area contributed by atoms with E-state index in [0.29, 0.717) is 11.6 Å². The Bertz CT molecular complexity index is 887. The summed E-state index contributed by atoms with van der Waals surface area (Å²) in [5, 5.41) is 16.5. The van der Waals surface area contributed by atoms with E-state index in [2.05, 4.69) is 5.10 Å². The normalized spacial score (nSPS) is 15.8. The highest BCUT2D eigenvalue weighted by molar-refractivity contribution is 7.12. The fraction of sp³-hybridized carbons (Fsp3) is 0.412. The molecular formula is C17H22N6O2S. The fourth-order valence-corrected chi connectivity index (χ4v) is 4.06. The van der Waals surface area contributed by atoms with Gasteiger partial charge < -0.3 is 11.5 Å². The summed E-state index contributed by atoms with van der Waals surface area (Å²) in [7, 11) is 1.89. The van der Waals surface area contributed by atoms with E-state index in [0.717, 1.165) is 28.2 Å². The zero-order valence-electron chi connectivity index (χ0n) is 14.6. The van der Waals surface area contributed by atoms with Crippen molar-refractivity contribution in [2.45, 2.75) is 38.1 Å². The fourth-order valence-electron chi connectivity index (χ4n) is 3.09. The minimum Gasteiger partial charge on any atom is -0.380 e. The molecule has 0 unspecified atom stereocenters. The first-order valence-corrected chi connectivity index (χ1v) is 9.35. The molecule has 26 heavy (non-hydrogen) atoms. The third kappa shape index (κ3) is 3.93. The maximum Gasteiger partial charge on any atom is 0.315 e. The second-order valence-corrected chi connectivity index (χ2v) is 7.33. The average molecular weight is 374 g/mol. The van der Waals surface area contributed by atoms with Crippen molar-refractivity contribution in [1.82, 2.24) is 9.78 Å². The summed E-state index contributed by atoms with van der Waals surface area (Å²) >= 11 is 1.52. The molecule has 0 aliphatic heterocycles. The first-order chi connectivity index (χ1) is 12.5. The van der Waals surface area contributed by atoms with Gasteiger partial charge in [0.05, 0.1) is 16.5 Å². The monoisotopic (exact) mass is 374 g/mol. The van der Waals surface area contributed by atoms with Gasteiger partial charge in [-0.2, -0.15) is 5.10 Å². The van der Waals surface area contributed by atoms with E-state index < -0.39 is 4.92 Å². The first-order valence-electron chi connectivity index (χ1n) is 8.54. The molecule has 1 fully saturated rings. The Kier molecular flexibility index (Phi) is 5.36. The molecule has 3 rings (SSSR count). The van der Waals surface area contributed by atoms with Crippen LogP contribution in [0, 0.1) is 10.1 Å². The van der Waals surface area contributed by atoms with Crippen LogP contribution in [0.15, 0.2) is 35.1 Å². The van der Waals surface area contributed by atoms with Gasteiger partial charge in [-0.15, -0.1) is 0 Å². The quantitative estimate of drug-likeness (QED) is 0.627. The van der Waals surface area contributed by atoms with Gasteiger partial charge in [-0.25, -0.2) is 4.68 Å². The molecule has 1 aliphatic rings. The molecule has 138 valence electrons. The summed E-state index contributed by atoms with van der Waals surface area (Å²) in [6.45, 7) is 0. The van der Waals surface area contributed by atoms with Crippen molar-refractivity contribution >= 4 is 17.0 Å². The molecule has 2 aromatic rings. The number of aryl methyl sites for hydroxylation is 1. The van der Waals surface area contributed by atoms with Crippen LogP contribution in [-0.4, -0.2) is 20.7 Å². The van der Waals surface area contributed by atoms with Crippen molar-refractivity contribution in [3.8, 4) is 10.6 Å². The van der Waals surface area contributed by atoms with Gasteiger partial charge in [0, 0.05) is 12.6 Å². The molecule has 0 atom stereocenters. The van der Waals surface area contributed by atoms with Gasteiger partial charge in [0.1, 0.15) is 5.01 Å². The van der Waals surface area contributed by atoms with Crippen LogP contribution in [0.3, 0.4) is 0 Å². The minimum atomic E-state index is -0.575. The standard InChI is InChI=1S/C17H22N6O2S/c1-22-17(20-13-5-3-2-4-6-13)26-16(21-22)12-9-7-11(8-10-12)14(15(18)19)23(24)25/h7-10,13H,2-6,18-19H2,1H3. The van der Waals surface area contributed by atoms with E-state index in [1.807, 2.05) is 7.05 Å². The van der Waals surface area contributed by atoms with Crippen molar-refractivity contribution in [2.75, 3.05) is 0 Å². The van der Waals surface area contributed by atoms with Gasteiger partial charge in [0.25, 0.3) is 0 Å². The van der Waals surface area contributed by atoms with Gasteiger partial charge in [0.15, 0.2) is 5.82 Å². The van der Waals surface area contributed by atoms with E-state index in [1.165, 1.54) is 30.6 Å². The van der Waals surface area contributed by atoms with Crippen LogP contribution in [-0.2, 0) is 7.05 Å². The highest BCUT2D eigenvalue weighted by atomic mass is 32.1. The Morgan fingerprint density at radius 3 is 2.50 bits per heavy atom. The van der Waals surface area contributed by atoms with Crippen LogP contribution in [0.25, 0.3) is 16.3 Å². The lowest BCUT2D eigenvalue weighted by Gasteiger charge is -2.16. The smallest absolute Gasteiger partial charge is 0.315 e. The number of nitro groups is 1. The SMILES string of the molecule is Cn1nc(-c2ccc(C(=C(N)N)[N+](=O)[O-])cc2)sc1=NC1CCCCC1. The highest BCUT2D eigenvalue weighted by Gasteiger charge is 2.18. The maximum atomic E-state index is 11.1. The van der Waals surface area contributed by atoms with Crippen molar-refractivity contribution in [2.24, 2.45) is 23.5 Å². The van der Waals surface area contributed by atoms with Gasteiger partial charge in [-0.3, -0.25) is 15.1 Å². The lowest BCUT2D eigenvalue weighted by molar-refractivity contribution is -0.376. The summed E-state index contributed by atoms with van der Waals surface area (Å²) in [5.74, 6) is -0.308. The average Bonchev–Trinajstić information content (AvgIpc) is 2.96. The Morgan fingerprint density at radius 2 is 1.92 bits per heavy atom. The number of nitrogens with zero attached hydrogens (tertiary/aromatic N) is 4. The summed E-state index contributed by atoms with van der Waals surface area (Å²) < 4.78 is 1.79. The van der Waals surface area contributed by atoms with Crippen LogP contribution >= 0.6 is 11.3 Å². The zero-order valence-corrected chi connectivity index (χ0v) is 15.4. The lowest BCUT2D eigenvalue weighted by Crippen LogP contribution is -2.18. The highest BCUT2D eigenvalue weighted by Crippen LogP contribution is 2.24. The van der Waals surface area contributed by atoms with E-state index in [-0.39, 0.29) is 11.5 Å². The molecule has 9 heteroatoms. The molecule has 4 N–H and O–H groups in total. The molecule has 0 amide bonds. The molecule has 1 saturated carbocycles. The zero-order chi connectivity index (χ0) is 18.7. The molecule has 0 bridgehead atoms. The molecule has 1 aliphatic carbocycles. The van der Waals surface area contributed by atoms with Crippen LogP contribution in [0.5, 0.6) is 0 Å². The van der Waals surface area contributed by atoms with Crippen LogP contribution in [0.1, 0.15) is 37.7 Å². The maximum absolute atomic E-state index is 11.1.